The normalized spacial score (nSPS) is 10.0. The molecule has 0 radical (unpaired) electrons. The highest BCUT2D eigenvalue weighted by molar-refractivity contribution is 5.96. The molecule has 3 amide bonds. The van der Waals surface area contributed by atoms with Crippen molar-refractivity contribution in [2.75, 3.05) is 25.0 Å². The first-order chi connectivity index (χ1) is 10.1. The Hall–Kier alpha value is -2.04. The molecular weight excluding hydrogens is 266 g/mol. The van der Waals surface area contributed by atoms with E-state index in [2.05, 4.69) is 17.6 Å². The van der Waals surface area contributed by atoms with E-state index in [0.29, 0.717) is 24.3 Å². The molecule has 0 bridgehead atoms. The Bertz CT molecular complexity index is 474. The number of urea groups is 1. The first-order valence-electron chi connectivity index (χ1n) is 7.56. The summed E-state index contributed by atoms with van der Waals surface area (Å²) in [7, 11) is 0. The van der Waals surface area contributed by atoms with E-state index in [4.69, 9.17) is 0 Å². The van der Waals surface area contributed by atoms with Crippen molar-refractivity contribution in [3.8, 4) is 0 Å². The number of anilines is 1. The van der Waals surface area contributed by atoms with Crippen LogP contribution in [0.25, 0.3) is 0 Å². The van der Waals surface area contributed by atoms with Crippen LogP contribution in [-0.2, 0) is 0 Å². The summed E-state index contributed by atoms with van der Waals surface area (Å²) >= 11 is 0. The van der Waals surface area contributed by atoms with Crippen molar-refractivity contribution < 1.29 is 9.59 Å². The maximum atomic E-state index is 12.2. The van der Waals surface area contributed by atoms with Gasteiger partial charge in [0, 0.05) is 30.9 Å². The number of nitrogens with zero attached hydrogens (tertiary/aromatic N) is 1. The van der Waals surface area contributed by atoms with E-state index < -0.39 is 0 Å². The molecule has 0 aliphatic rings. The number of carbonyl (C=O) groups is 2. The molecule has 0 saturated carbocycles. The SMILES string of the molecule is CCCCN(CC)C(=O)Nc1cccc(C(=O)NCC)c1. The quantitative estimate of drug-likeness (QED) is 0.811. The van der Waals surface area contributed by atoms with Gasteiger partial charge in [0.25, 0.3) is 5.91 Å². The second kappa shape index (κ2) is 9.00. The van der Waals surface area contributed by atoms with Gasteiger partial charge in [0.2, 0.25) is 0 Å². The predicted molar refractivity (Wildman–Crippen MR) is 85.6 cm³/mol. The molecule has 0 saturated heterocycles. The van der Waals surface area contributed by atoms with Crippen molar-refractivity contribution in [2.45, 2.75) is 33.6 Å². The van der Waals surface area contributed by atoms with Crippen molar-refractivity contribution in [2.24, 2.45) is 0 Å². The van der Waals surface area contributed by atoms with E-state index in [1.165, 1.54) is 0 Å². The minimum atomic E-state index is -0.132. The average Bonchev–Trinajstić information content (AvgIpc) is 2.48. The lowest BCUT2D eigenvalue weighted by Crippen LogP contribution is -2.35. The minimum absolute atomic E-state index is 0.126. The molecule has 0 heterocycles. The number of carbonyl (C=O) groups excluding carboxylic acids is 2. The third-order valence-corrected chi connectivity index (χ3v) is 3.16. The molecule has 1 rings (SSSR count). The van der Waals surface area contributed by atoms with Crippen LogP contribution in [0.4, 0.5) is 10.5 Å². The van der Waals surface area contributed by atoms with Crippen LogP contribution in [0.15, 0.2) is 24.3 Å². The van der Waals surface area contributed by atoms with Crippen LogP contribution < -0.4 is 10.6 Å². The van der Waals surface area contributed by atoms with Crippen molar-refractivity contribution in [3.63, 3.8) is 0 Å². The first kappa shape index (κ1) is 17.0. The van der Waals surface area contributed by atoms with Gasteiger partial charge in [-0.2, -0.15) is 0 Å². The molecule has 5 nitrogen and oxygen atoms in total. The fourth-order valence-corrected chi connectivity index (χ4v) is 1.96. The molecule has 21 heavy (non-hydrogen) atoms. The molecule has 5 heteroatoms. The summed E-state index contributed by atoms with van der Waals surface area (Å²) in [6, 6.07) is 6.85. The van der Waals surface area contributed by atoms with Crippen molar-refractivity contribution in [1.29, 1.82) is 0 Å². The zero-order valence-corrected chi connectivity index (χ0v) is 13.1. The standard InChI is InChI=1S/C16H25N3O2/c1-4-7-11-19(6-3)16(21)18-14-10-8-9-13(12-14)15(20)17-5-2/h8-10,12H,4-7,11H2,1-3H3,(H,17,20)(H,18,21). The van der Waals surface area contributed by atoms with Crippen LogP contribution in [0.3, 0.4) is 0 Å². The topological polar surface area (TPSA) is 61.4 Å². The maximum Gasteiger partial charge on any atom is 0.321 e. The molecule has 116 valence electrons. The van der Waals surface area contributed by atoms with E-state index in [1.807, 2.05) is 13.8 Å². The van der Waals surface area contributed by atoms with Crippen molar-refractivity contribution in [3.05, 3.63) is 29.8 Å². The highest BCUT2D eigenvalue weighted by Gasteiger charge is 2.12. The number of hydrogen-bond donors (Lipinski definition) is 2. The summed E-state index contributed by atoms with van der Waals surface area (Å²) in [6.45, 7) is 7.92. The second-order valence-electron chi connectivity index (χ2n) is 4.80. The smallest absolute Gasteiger partial charge is 0.321 e. The van der Waals surface area contributed by atoms with Gasteiger partial charge in [-0.05, 0) is 38.5 Å². The third-order valence-electron chi connectivity index (χ3n) is 3.16. The molecule has 1 aromatic rings. The summed E-state index contributed by atoms with van der Waals surface area (Å²) in [4.78, 5) is 25.7. The van der Waals surface area contributed by atoms with E-state index in [0.717, 1.165) is 19.4 Å². The fraction of sp³-hybridized carbons (Fsp3) is 0.500. The van der Waals surface area contributed by atoms with Gasteiger partial charge in [-0.3, -0.25) is 4.79 Å². The number of rotatable bonds is 7. The summed E-state index contributed by atoms with van der Waals surface area (Å²) in [5.74, 6) is -0.132. The van der Waals surface area contributed by atoms with Gasteiger partial charge in [-0.15, -0.1) is 0 Å². The van der Waals surface area contributed by atoms with Gasteiger partial charge >= 0.3 is 6.03 Å². The lowest BCUT2D eigenvalue weighted by molar-refractivity contribution is 0.0956. The van der Waals surface area contributed by atoms with Gasteiger partial charge in [0.05, 0.1) is 0 Å². The number of benzene rings is 1. The largest absolute Gasteiger partial charge is 0.352 e. The third kappa shape index (κ3) is 5.45. The number of amides is 3. The Balaban J connectivity index is 2.71. The summed E-state index contributed by atoms with van der Waals surface area (Å²) in [6.07, 6.45) is 2.04. The van der Waals surface area contributed by atoms with Crippen LogP contribution >= 0.6 is 0 Å². The molecular formula is C16H25N3O2. The molecule has 0 atom stereocenters. The Morgan fingerprint density at radius 1 is 1.19 bits per heavy atom. The highest BCUT2D eigenvalue weighted by Crippen LogP contribution is 2.12. The summed E-state index contributed by atoms with van der Waals surface area (Å²) in [5.41, 5.74) is 1.19. The zero-order valence-electron chi connectivity index (χ0n) is 13.1. The predicted octanol–water partition coefficient (Wildman–Crippen LogP) is 3.09. The van der Waals surface area contributed by atoms with Crippen LogP contribution in [-0.4, -0.2) is 36.5 Å². The fourth-order valence-electron chi connectivity index (χ4n) is 1.96. The van der Waals surface area contributed by atoms with Crippen molar-refractivity contribution in [1.82, 2.24) is 10.2 Å². The van der Waals surface area contributed by atoms with Gasteiger partial charge in [-0.1, -0.05) is 19.4 Å². The van der Waals surface area contributed by atoms with E-state index in [-0.39, 0.29) is 11.9 Å². The lowest BCUT2D eigenvalue weighted by atomic mass is 10.2. The average molecular weight is 291 g/mol. The summed E-state index contributed by atoms with van der Waals surface area (Å²) < 4.78 is 0. The van der Waals surface area contributed by atoms with Crippen LogP contribution in [0.2, 0.25) is 0 Å². The number of hydrogen-bond acceptors (Lipinski definition) is 2. The van der Waals surface area contributed by atoms with E-state index in [1.54, 1.807) is 29.2 Å². The molecule has 0 spiro atoms. The monoisotopic (exact) mass is 291 g/mol. The van der Waals surface area contributed by atoms with E-state index >= 15 is 0 Å². The van der Waals surface area contributed by atoms with Crippen molar-refractivity contribution >= 4 is 17.6 Å². The Labute approximate surface area is 126 Å². The van der Waals surface area contributed by atoms with Gasteiger partial charge < -0.3 is 15.5 Å². The molecule has 0 aliphatic heterocycles. The molecule has 0 unspecified atom stereocenters. The molecule has 0 fully saturated rings. The Morgan fingerprint density at radius 2 is 1.95 bits per heavy atom. The second-order valence-corrected chi connectivity index (χ2v) is 4.80. The lowest BCUT2D eigenvalue weighted by Gasteiger charge is -2.21. The zero-order chi connectivity index (χ0) is 15.7. The Kier molecular flexibility index (Phi) is 7.29. The number of unbranched alkanes of at least 4 members (excludes halogenated alkanes) is 1. The number of nitrogens with one attached hydrogen (secondary N) is 2. The van der Waals surface area contributed by atoms with Gasteiger partial charge in [0.15, 0.2) is 0 Å². The maximum absolute atomic E-state index is 12.2. The van der Waals surface area contributed by atoms with Crippen LogP contribution in [0.5, 0.6) is 0 Å². The first-order valence-corrected chi connectivity index (χ1v) is 7.56. The van der Waals surface area contributed by atoms with Gasteiger partial charge in [0.1, 0.15) is 0 Å². The minimum Gasteiger partial charge on any atom is -0.352 e. The van der Waals surface area contributed by atoms with Crippen LogP contribution in [0.1, 0.15) is 44.0 Å². The summed E-state index contributed by atoms with van der Waals surface area (Å²) in [5, 5.41) is 5.59. The highest BCUT2D eigenvalue weighted by atomic mass is 16.2. The molecule has 0 aliphatic carbocycles. The molecule has 1 aromatic carbocycles. The molecule has 2 N–H and O–H groups in total. The Morgan fingerprint density at radius 3 is 2.57 bits per heavy atom. The molecule has 0 aromatic heterocycles. The van der Waals surface area contributed by atoms with Crippen LogP contribution in [0, 0.1) is 0 Å². The van der Waals surface area contributed by atoms with E-state index in [9.17, 15) is 9.59 Å². The van der Waals surface area contributed by atoms with Gasteiger partial charge in [-0.25, -0.2) is 4.79 Å².